The fraction of sp³-hybridized carbons (Fsp3) is 0.353. The zero-order chi connectivity index (χ0) is 14.4. The van der Waals surface area contributed by atoms with Crippen molar-refractivity contribution < 1.29 is 4.74 Å². The van der Waals surface area contributed by atoms with Crippen LogP contribution in [0.5, 0.6) is 5.75 Å². The largest absolute Gasteiger partial charge is 0.494 e. The number of ether oxygens (including phenoxy) is 1. The quantitative estimate of drug-likeness (QED) is 0.872. The van der Waals surface area contributed by atoms with Crippen LogP contribution < -0.4 is 10.1 Å². The third-order valence-corrected chi connectivity index (χ3v) is 3.17. The highest BCUT2D eigenvalue weighted by Crippen LogP contribution is 2.29. The Kier molecular flexibility index (Phi) is 5.13. The van der Waals surface area contributed by atoms with Gasteiger partial charge in [-0.25, -0.2) is 0 Å². The Balaban J connectivity index is 2.43. The van der Waals surface area contributed by atoms with Gasteiger partial charge in [0.05, 0.1) is 18.3 Å². The fourth-order valence-corrected chi connectivity index (χ4v) is 2.30. The van der Waals surface area contributed by atoms with Crippen molar-refractivity contribution >= 4 is 0 Å². The van der Waals surface area contributed by atoms with Crippen LogP contribution in [0.4, 0.5) is 0 Å². The second kappa shape index (κ2) is 7.06. The number of aromatic nitrogens is 1. The molecular weight excluding hydrogens is 248 g/mol. The van der Waals surface area contributed by atoms with E-state index in [1.165, 1.54) is 5.56 Å². The summed E-state index contributed by atoms with van der Waals surface area (Å²) >= 11 is 0. The van der Waals surface area contributed by atoms with Gasteiger partial charge in [-0.05, 0) is 44.2 Å². The minimum Gasteiger partial charge on any atom is -0.494 e. The lowest BCUT2D eigenvalue weighted by molar-refractivity contribution is 0.333. The molecule has 1 atom stereocenters. The van der Waals surface area contributed by atoms with Gasteiger partial charge in [0.25, 0.3) is 0 Å². The smallest absolute Gasteiger partial charge is 0.124 e. The summed E-state index contributed by atoms with van der Waals surface area (Å²) in [4.78, 5) is 4.52. The maximum Gasteiger partial charge on any atom is 0.124 e. The van der Waals surface area contributed by atoms with Crippen molar-refractivity contribution in [2.45, 2.75) is 26.8 Å². The molecule has 0 amide bonds. The first-order chi connectivity index (χ1) is 9.76. The number of para-hydroxylation sites is 1. The van der Waals surface area contributed by atoms with Crippen molar-refractivity contribution in [3.8, 4) is 5.75 Å². The summed E-state index contributed by atoms with van der Waals surface area (Å²) < 4.78 is 5.75. The number of nitrogens with one attached hydrogen (secondary N) is 1. The molecule has 3 heteroatoms. The van der Waals surface area contributed by atoms with Crippen LogP contribution in [-0.4, -0.2) is 18.1 Å². The van der Waals surface area contributed by atoms with E-state index in [1.807, 2.05) is 37.4 Å². The maximum absolute atomic E-state index is 5.75. The van der Waals surface area contributed by atoms with Crippen LogP contribution >= 0.6 is 0 Å². The molecule has 0 aliphatic rings. The second-order valence-electron chi connectivity index (χ2n) is 4.72. The van der Waals surface area contributed by atoms with Crippen LogP contribution in [0.15, 0.2) is 42.6 Å². The number of rotatable bonds is 6. The number of aryl methyl sites for hydroxylation is 1. The van der Waals surface area contributed by atoms with Crippen LogP contribution in [0.3, 0.4) is 0 Å². The van der Waals surface area contributed by atoms with Crippen LogP contribution in [0.25, 0.3) is 0 Å². The molecule has 0 aliphatic heterocycles. The van der Waals surface area contributed by atoms with Crippen LogP contribution in [0.2, 0.25) is 0 Å². The molecule has 0 spiro atoms. The van der Waals surface area contributed by atoms with Crippen molar-refractivity contribution in [2.75, 3.05) is 13.2 Å². The summed E-state index contributed by atoms with van der Waals surface area (Å²) in [6, 6.07) is 12.3. The monoisotopic (exact) mass is 270 g/mol. The lowest BCUT2D eigenvalue weighted by Crippen LogP contribution is -2.23. The van der Waals surface area contributed by atoms with E-state index < -0.39 is 0 Å². The molecule has 2 rings (SSSR count). The molecule has 0 fully saturated rings. The highest BCUT2D eigenvalue weighted by atomic mass is 16.5. The Morgan fingerprint density at radius 2 is 2.00 bits per heavy atom. The highest BCUT2D eigenvalue weighted by molar-refractivity contribution is 5.40. The molecule has 1 unspecified atom stereocenters. The predicted octanol–water partition coefficient (Wildman–Crippen LogP) is 3.49. The number of pyridine rings is 1. The molecule has 0 saturated heterocycles. The first-order valence-corrected chi connectivity index (χ1v) is 7.14. The second-order valence-corrected chi connectivity index (χ2v) is 4.72. The summed E-state index contributed by atoms with van der Waals surface area (Å²) in [5, 5.41) is 3.50. The Morgan fingerprint density at radius 3 is 2.70 bits per heavy atom. The van der Waals surface area contributed by atoms with Gasteiger partial charge in [-0.15, -0.1) is 0 Å². The zero-order valence-corrected chi connectivity index (χ0v) is 12.4. The van der Waals surface area contributed by atoms with Crippen molar-refractivity contribution in [2.24, 2.45) is 0 Å². The van der Waals surface area contributed by atoms with E-state index in [0.29, 0.717) is 6.61 Å². The minimum atomic E-state index is 0.0580. The van der Waals surface area contributed by atoms with Gasteiger partial charge < -0.3 is 10.1 Å². The van der Waals surface area contributed by atoms with Crippen molar-refractivity contribution in [3.63, 3.8) is 0 Å². The molecule has 2 aromatic rings. The third-order valence-electron chi connectivity index (χ3n) is 3.17. The summed E-state index contributed by atoms with van der Waals surface area (Å²) in [6.07, 6.45) is 1.86. The zero-order valence-electron chi connectivity index (χ0n) is 12.4. The van der Waals surface area contributed by atoms with E-state index in [-0.39, 0.29) is 6.04 Å². The molecule has 1 aromatic carbocycles. The molecule has 3 nitrogen and oxygen atoms in total. The standard InChI is InChI=1S/C17H22N2O/c1-4-18-17(15-12-13(3)10-11-19-15)14-8-6-7-9-16(14)20-5-2/h6-12,17-18H,4-5H2,1-3H3. The minimum absolute atomic E-state index is 0.0580. The lowest BCUT2D eigenvalue weighted by atomic mass is 10.0. The van der Waals surface area contributed by atoms with Crippen molar-refractivity contribution in [3.05, 3.63) is 59.4 Å². The molecule has 0 saturated carbocycles. The van der Waals surface area contributed by atoms with Crippen LogP contribution in [0.1, 0.15) is 36.7 Å². The molecule has 106 valence electrons. The van der Waals surface area contributed by atoms with E-state index >= 15 is 0 Å². The average molecular weight is 270 g/mol. The van der Waals surface area contributed by atoms with Crippen LogP contribution in [0, 0.1) is 6.92 Å². The normalized spacial score (nSPS) is 12.2. The maximum atomic E-state index is 5.75. The van der Waals surface area contributed by atoms with Crippen LogP contribution in [-0.2, 0) is 0 Å². The molecule has 20 heavy (non-hydrogen) atoms. The third kappa shape index (κ3) is 3.36. The van der Waals surface area contributed by atoms with Gasteiger partial charge in [-0.2, -0.15) is 0 Å². The van der Waals surface area contributed by atoms with E-state index in [0.717, 1.165) is 23.6 Å². The average Bonchev–Trinajstić information content (AvgIpc) is 2.46. The van der Waals surface area contributed by atoms with Crippen molar-refractivity contribution in [1.29, 1.82) is 0 Å². The summed E-state index contributed by atoms with van der Waals surface area (Å²) in [6.45, 7) is 7.73. The fourth-order valence-electron chi connectivity index (χ4n) is 2.30. The Bertz CT molecular complexity index is 554. The van der Waals surface area contributed by atoms with Gasteiger partial charge >= 0.3 is 0 Å². The number of benzene rings is 1. The summed E-state index contributed by atoms with van der Waals surface area (Å²) in [5.74, 6) is 0.921. The van der Waals surface area contributed by atoms with Crippen molar-refractivity contribution in [1.82, 2.24) is 10.3 Å². The Morgan fingerprint density at radius 1 is 1.20 bits per heavy atom. The highest BCUT2D eigenvalue weighted by Gasteiger charge is 2.18. The van der Waals surface area contributed by atoms with Gasteiger partial charge in [0.1, 0.15) is 5.75 Å². The predicted molar refractivity (Wildman–Crippen MR) is 82.1 cm³/mol. The first kappa shape index (κ1) is 14.5. The first-order valence-electron chi connectivity index (χ1n) is 7.14. The van der Waals surface area contributed by atoms with Gasteiger partial charge in [0.15, 0.2) is 0 Å². The topological polar surface area (TPSA) is 34.2 Å². The summed E-state index contributed by atoms with van der Waals surface area (Å²) in [7, 11) is 0. The molecule has 1 heterocycles. The molecule has 1 N–H and O–H groups in total. The Hall–Kier alpha value is -1.87. The summed E-state index contributed by atoms with van der Waals surface area (Å²) in [5.41, 5.74) is 3.38. The van der Waals surface area contributed by atoms with Gasteiger partial charge in [0.2, 0.25) is 0 Å². The van der Waals surface area contributed by atoms with Gasteiger partial charge in [-0.1, -0.05) is 25.1 Å². The molecule has 0 bridgehead atoms. The number of hydrogen-bond donors (Lipinski definition) is 1. The molecule has 0 radical (unpaired) electrons. The van der Waals surface area contributed by atoms with E-state index in [1.54, 1.807) is 0 Å². The Labute approximate surface area is 121 Å². The molecular formula is C17H22N2O. The molecule has 0 aliphatic carbocycles. The molecule has 1 aromatic heterocycles. The van der Waals surface area contributed by atoms with Gasteiger partial charge in [-0.3, -0.25) is 4.98 Å². The van der Waals surface area contributed by atoms with E-state index in [2.05, 4.69) is 36.3 Å². The SMILES string of the molecule is CCNC(c1cc(C)ccn1)c1ccccc1OCC. The number of hydrogen-bond acceptors (Lipinski definition) is 3. The number of nitrogens with zero attached hydrogens (tertiary/aromatic N) is 1. The van der Waals surface area contributed by atoms with E-state index in [9.17, 15) is 0 Å². The van der Waals surface area contributed by atoms with Gasteiger partial charge in [0, 0.05) is 11.8 Å². The lowest BCUT2D eigenvalue weighted by Gasteiger charge is -2.21. The van der Waals surface area contributed by atoms with E-state index in [4.69, 9.17) is 4.74 Å².